The number of nitrogens with one attached hydrogen (secondary N) is 1. The molecule has 2 aromatic heterocycles. The first-order valence-electron chi connectivity index (χ1n) is 12.5. The van der Waals surface area contributed by atoms with Crippen LogP contribution in [0.5, 0.6) is 0 Å². The number of benzene rings is 1. The van der Waals surface area contributed by atoms with E-state index in [-0.39, 0.29) is 23.3 Å². The van der Waals surface area contributed by atoms with E-state index in [1.807, 2.05) is 12.1 Å². The van der Waals surface area contributed by atoms with E-state index >= 15 is 0 Å². The van der Waals surface area contributed by atoms with Crippen molar-refractivity contribution in [1.29, 1.82) is 0 Å². The van der Waals surface area contributed by atoms with Gasteiger partial charge >= 0.3 is 0 Å². The molecular formula is C26H30ClN5O4. The number of amides is 1. The van der Waals surface area contributed by atoms with Crippen LogP contribution in [0.4, 0.5) is 5.82 Å². The Kier molecular flexibility index (Phi) is 5.99. The number of halogens is 1. The molecule has 0 radical (unpaired) electrons. The van der Waals surface area contributed by atoms with Crippen LogP contribution in [0.15, 0.2) is 28.9 Å². The van der Waals surface area contributed by atoms with Crippen molar-refractivity contribution in [3.8, 4) is 0 Å². The molecule has 0 spiro atoms. The molecule has 1 saturated carbocycles. The Morgan fingerprint density at radius 1 is 1.25 bits per heavy atom. The minimum atomic E-state index is -0.457. The van der Waals surface area contributed by atoms with Gasteiger partial charge in [0.15, 0.2) is 5.82 Å². The fourth-order valence-electron chi connectivity index (χ4n) is 5.66. The Bertz CT molecular complexity index is 1310. The second-order valence-corrected chi connectivity index (χ2v) is 11.0. The molecule has 4 heterocycles. The predicted octanol–water partition coefficient (Wildman–Crippen LogP) is 3.65. The minimum absolute atomic E-state index is 0.0258. The van der Waals surface area contributed by atoms with Gasteiger partial charge in [-0.2, -0.15) is 4.98 Å². The maximum atomic E-state index is 12.8. The molecule has 2 unspecified atom stereocenters. The van der Waals surface area contributed by atoms with Crippen LogP contribution in [0.1, 0.15) is 55.3 Å². The van der Waals surface area contributed by atoms with Gasteiger partial charge in [0.05, 0.1) is 36.7 Å². The summed E-state index contributed by atoms with van der Waals surface area (Å²) in [5, 5.41) is 19.8. The molecule has 2 saturated heterocycles. The largest absolute Gasteiger partial charge is 0.389 e. The number of aliphatic hydroxyl groups is 1. The molecular weight excluding hydrogens is 482 g/mol. The van der Waals surface area contributed by atoms with Crippen LogP contribution in [0.2, 0.25) is 5.02 Å². The number of hydrogen-bond donors (Lipinski definition) is 2. The lowest BCUT2D eigenvalue weighted by molar-refractivity contribution is -0.117. The normalized spacial score (nSPS) is 29.1. The van der Waals surface area contributed by atoms with E-state index in [4.69, 9.17) is 20.9 Å². The predicted molar refractivity (Wildman–Crippen MR) is 134 cm³/mol. The molecule has 1 aliphatic carbocycles. The number of ether oxygens (including phenoxy) is 1. The molecule has 9 nitrogen and oxygen atoms in total. The molecule has 1 aromatic carbocycles. The highest BCUT2D eigenvalue weighted by Crippen LogP contribution is 2.47. The first kappa shape index (κ1) is 23.8. The zero-order valence-corrected chi connectivity index (χ0v) is 21.2. The third kappa shape index (κ3) is 4.28. The third-order valence-corrected chi connectivity index (χ3v) is 8.45. The highest BCUT2D eigenvalue weighted by molar-refractivity contribution is 6.32. The Morgan fingerprint density at radius 2 is 2.06 bits per heavy atom. The minimum Gasteiger partial charge on any atom is -0.389 e. The van der Waals surface area contributed by atoms with Crippen LogP contribution in [0, 0.1) is 12.8 Å². The van der Waals surface area contributed by atoms with E-state index in [1.165, 1.54) is 0 Å². The van der Waals surface area contributed by atoms with E-state index in [0.717, 1.165) is 47.3 Å². The molecule has 3 aliphatic rings. The lowest BCUT2D eigenvalue weighted by atomic mass is 9.85. The SMILES string of the molecule is Cc1noc(C2CC2C(=O)Nc2cc3cc(C4CCN([C@]5(C)COC[C@@H]5O)CC4)c(Cl)cc3cn2)n1. The summed E-state index contributed by atoms with van der Waals surface area (Å²) in [5.74, 6) is 1.65. The fourth-order valence-corrected chi connectivity index (χ4v) is 5.99. The van der Waals surface area contributed by atoms with E-state index in [2.05, 4.69) is 38.3 Å². The third-order valence-electron chi connectivity index (χ3n) is 8.12. The number of hydrogen-bond acceptors (Lipinski definition) is 8. The number of aliphatic hydroxyl groups excluding tert-OH is 1. The molecule has 1 amide bonds. The van der Waals surface area contributed by atoms with Crippen LogP contribution in [0.3, 0.4) is 0 Å². The standard InChI is InChI=1S/C26H30ClN5O4/c1-14-29-25(36-31-14)20-10-19(20)24(34)30-23-9-16-7-18(21(27)8-17(16)11-28-23)15-3-5-32(6-4-15)26(2)13-35-12-22(26)33/h7-9,11,15,19-20,22,33H,3-6,10,12-13H2,1-2H3,(H,28,30,34)/t19?,20?,22-,26+/m0/s1. The molecule has 2 N–H and O–H groups in total. The van der Waals surface area contributed by atoms with Crippen molar-refractivity contribution in [1.82, 2.24) is 20.0 Å². The van der Waals surface area contributed by atoms with Crippen molar-refractivity contribution in [2.45, 2.75) is 56.6 Å². The number of carbonyl (C=O) groups is 1. The van der Waals surface area contributed by atoms with Crippen molar-refractivity contribution in [3.63, 3.8) is 0 Å². The topological polar surface area (TPSA) is 114 Å². The number of piperidine rings is 1. The molecule has 3 aromatic rings. The summed E-state index contributed by atoms with van der Waals surface area (Å²) >= 11 is 6.71. The van der Waals surface area contributed by atoms with Crippen molar-refractivity contribution >= 4 is 34.1 Å². The molecule has 190 valence electrons. The maximum Gasteiger partial charge on any atom is 0.230 e. The molecule has 10 heteroatoms. The van der Waals surface area contributed by atoms with E-state index in [9.17, 15) is 9.90 Å². The average molecular weight is 512 g/mol. The number of rotatable bonds is 5. The molecule has 2 aliphatic heterocycles. The number of fused-ring (bicyclic) bond motifs is 1. The number of carbonyl (C=O) groups excluding carboxylic acids is 1. The summed E-state index contributed by atoms with van der Waals surface area (Å²) in [4.78, 5) is 23.8. The smallest absolute Gasteiger partial charge is 0.230 e. The van der Waals surface area contributed by atoms with Gasteiger partial charge in [0, 0.05) is 16.6 Å². The summed E-state index contributed by atoms with van der Waals surface area (Å²) in [5.41, 5.74) is 0.800. The van der Waals surface area contributed by atoms with Gasteiger partial charge in [-0.05, 0) is 81.3 Å². The van der Waals surface area contributed by atoms with Gasteiger partial charge in [-0.15, -0.1) is 0 Å². The van der Waals surface area contributed by atoms with E-state index in [1.54, 1.807) is 13.1 Å². The highest BCUT2D eigenvalue weighted by atomic mass is 35.5. The zero-order chi connectivity index (χ0) is 25.0. The Morgan fingerprint density at radius 3 is 2.75 bits per heavy atom. The van der Waals surface area contributed by atoms with Crippen molar-refractivity contribution < 1.29 is 19.2 Å². The summed E-state index contributed by atoms with van der Waals surface area (Å²) < 4.78 is 10.7. The monoisotopic (exact) mass is 511 g/mol. The first-order valence-corrected chi connectivity index (χ1v) is 12.9. The second-order valence-electron chi connectivity index (χ2n) is 10.6. The quantitative estimate of drug-likeness (QED) is 0.533. The van der Waals surface area contributed by atoms with Crippen LogP contribution < -0.4 is 5.32 Å². The molecule has 3 fully saturated rings. The number of aromatic nitrogens is 3. The summed E-state index contributed by atoms with van der Waals surface area (Å²) in [6.07, 6.45) is 3.90. The van der Waals surface area contributed by atoms with E-state index in [0.29, 0.717) is 43.1 Å². The lowest BCUT2D eigenvalue weighted by Crippen LogP contribution is -2.56. The molecule has 36 heavy (non-hydrogen) atoms. The van der Waals surface area contributed by atoms with Gasteiger partial charge in [-0.25, -0.2) is 4.98 Å². The lowest BCUT2D eigenvalue weighted by Gasteiger charge is -2.43. The molecule has 4 atom stereocenters. The van der Waals surface area contributed by atoms with Gasteiger partial charge in [-0.3, -0.25) is 9.69 Å². The fraction of sp³-hybridized carbons (Fsp3) is 0.538. The number of likely N-dealkylation sites (tertiary alicyclic amines) is 1. The second kappa shape index (κ2) is 9.06. The van der Waals surface area contributed by atoms with Gasteiger partial charge in [0.25, 0.3) is 0 Å². The molecule has 6 rings (SSSR count). The Labute approximate surface area is 214 Å². The van der Waals surface area contributed by atoms with Gasteiger partial charge in [-0.1, -0.05) is 16.8 Å². The van der Waals surface area contributed by atoms with Gasteiger partial charge in [0.2, 0.25) is 11.8 Å². The average Bonchev–Trinajstić information content (AvgIpc) is 3.44. The molecule has 0 bridgehead atoms. The van der Waals surface area contributed by atoms with Crippen LogP contribution in [-0.4, -0.2) is 69.0 Å². The van der Waals surface area contributed by atoms with Gasteiger partial charge in [0.1, 0.15) is 5.82 Å². The van der Waals surface area contributed by atoms with Crippen molar-refractivity contribution in [3.05, 3.63) is 46.7 Å². The zero-order valence-electron chi connectivity index (χ0n) is 20.4. The number of nitrogens with zero attached hydrogens (tertiary/aromatic N) is 4. The Balaban J connectivity index is 1.15. The van der Waals surface area contributed by atoms with Crippen molar-refractivity contribution in [2.75, 3.05) is 31.6 Å². The van der Waals surface area contributed by atoms with Crippen LogP contribution >= 0.6 is 11.6 Å². The maximum absolute atomic E-state index is 12.8. The van der Waals surface area contributed by atoms with Crippen molar-refractivity contribution in [2.24, 2.45) is 5.92 Å². The highest BCUT2D eigenvalue weighted by Gasteiger charge is 2.48. The summed E-state index contributed by atoms with van der Waals surface area (Å²) in [7, 11) is 0. The Hall–Kier alpha value is -2.59. The van der Waals surface area contributed by atoms with Crippen LogP contribution in [-0.2, 0) is 9.53 Å². The number of anilines is 1. The summed E-state index contributed by atoms with van der Waals surface area (Å²) in [6, 6.07) is 6.00. The number of pyridine rings is 1. The number of aryl methyl sites for hydroxylation is 1. The first-order chi connectivity index (χ1) is 17.3. The van der Waals surface area contributed by atoms with Gasteiger partial charge < -0.3 is 19.7 Å². The summed E-state index contributed by atoms with van der Waals surface area (Å²) in [6.45, 7) is 6.59. The van der Waals surface area contributed by atoms with Crippen LogP contribution in [0.25, 0.3) is 10.8 Å². The van der Waals surface area contributed by atoms with E-state index < -0.39 is 6.10 Å².